The molecule has 1 aromatic heterocycles. The van der Waals surface area contributed by atoms with E-state index in [0.29, 0.717) is 25.1 Å². The van der Waals surface area contributed by atoms with Crippen molar-refractivity contribution in [1.82, 2.24) is 19.9 Å². The predicted octanol–water partition coefficient (Wildman–Crippen LogP) is -0.322. The Balaban J connectivity index is 2.03. The average Bonchev–Trinajstić information content (AvgIpc) is 2.47. The maximum Gasteiger partial charge on any atom is 0.232 e. The van der Waals surface area contributed by atoms with Gasteiger partial charge < -0.3 is 25.2 Å². The Hall–Kier alpha value is -1.67. The molecule has 1 aliphatic heterocycles. The Kier molecular flexibility index (Phi) is 5.51. The van der Waals surface area contributed by atoms with Crippen molar-refractivity contribution in [3.05, 3.63) is 0 Å². The number of morpholine rings is 1. The molecular formula is C13H25N7O. The van der Waals surface area contributed by atoms with Crippen molar-refractivity contribution in [2.45, 2.75) is 6.42 Å². The molecule has 0 saturated carbocycles. The molecule has 0 aromatic carbocycles. The van der Waals surface area contributed by atoms with E-state index in [1.54, 1.807) is 0 Å². The summed E-state index contributed by atoms with van der Waals surface area (Å²) in [6, 6.07) is 0. The fraction of sp³-hybridized carbons (Fsp3) is 0.769. The van der Waals surface area contributed by atoms with Crippen LogP contribution < -0.4 is 15.5 Å². The minimum Gasteiger partial charge on any atom is -0.378 e. The first-order valence-electron chi connectivity index (χ1n) is 7.26. The van der Waals surface area contributed by atoms with Gasteiger partial charge in [0.25, 0.3) is 0 Å². The fourth-order valence-electron chi connectivity index (χ4n) is 2.17. The van der Waals surface area contributed by atoms with Crippen molar-refractivity contribution in [3.63, 3.8) is 0 Å². The van der Waals surface area contributed by atoms with Gasteiger partial charge in [-0.2, -0.15) is 15.0 Å². The number of anilines is 3. The number of hydrogen-bond donors (Lipinski definition) is 1. The average molecular weight is 295 g/mol. The summed E-state index contributed by atoms with van der Waals surface area (Å²) in [6.07, 6.45) is 1.04. The van der Waals surface area contributed by atoms with Crippen LogP contribution in [-0.2, 0) is 4.74 Å². The number of aromatic nitrogens is 3. The Labute approximate surface area is 125 Å². The monoisotopic (exact) mass is 295 g/mol. The summed E-state index contributed by atoms with van der Waals surface area (Å²) in [5, 5.41) is 0. The summed E-state index contributed by atoms with van der Waals surface area (Å²) in [5.74, 6) is 1.53. The number of nitrogens with zero attached hydrogens (tertiary/aromatic N) is 6. The van der Waals surface area contributed by atoms with Crippen LogP contribution in [0.1, 0.15) is 6.42 Å². The molecule has 0 atom stereocenters. The van der Waals surface area contributed by atoms with Gasteiger partial charge in [-0.1, -0.05) is 0 Å². The lowest BCUT2D eigenvalue weighted by atomic mass is 10.4. The molecule has 0 spiro atoms. The first-order chi connectivity index (χ1) is 10.1. The number of ether oxygens (including phenoxy) is 1. The number of nitrogen functional groups attached to an aromatic ring is 1. The highest BCUT2D eigenvalue weighted by molar-refractivity contribution is 5.43. The molecule has 8 heteroatoms. The van der Waals surface area contributed by atoms with E-state index in [0.717, 1.165) is 32.6 Å². The summed E-state index contributed by atoms with van der Waals surface area (Å²) in [5.41, 5.74) is 5.83. The van der Waals surface area contributed by atoms with Crippen molar-refractivity contribution in [3.8, 4) is 0 Å². The van der Waals surface area contributed by atoms with Gasteiger partial charge in [0.05, 0.1) is 13.2 Å². The number of rotatable bonds is 6. The Morgan fingerprint density at radius 3 is 2.48 bits per heavy atom. The van der Waals surface area contributed by atoms with Crippen molar-refractivity contribution < 1.29 is 4.74 Å². The van der Waals surface area contributed by atoms with Gasteiger partial charge in [0.1, 0.15) is 0 Å². The highest BCUT2D eigenvalue weighted by atomic mass is 16.5. The molecule has 0 bridgehead atoms. The normalized spacial score (nSPS) is 15.5. The van der Waals surface area contributed by atoms with Gasteiger partial charge in [0, 0.05) is 26.7 Å². The van der Waals surface area contributed by atoms with Gasteiger partial charge in [0.15, 0.2) is 0 Å². The quantitative estimate of drug-likeness (QED) is 0.764. The highest BCUT2D eigenvalue weighted by Gasteiger charge is 2.17. The van der Waals surface area contributed by atoms with E-state index < -0.39 is 0 Å². The van der Waals surface area contributed by atoms with E-state index in [1.807, 2.05) is 11.9 Å². The minimum atomic E-state index is 0.265. The second-order valence-electron chi connectivity index (χ2n) is 5.47. The minimum absolute atomic E-state index is 0.265. The Bertz CT molecular complexity index is 448. The van der Waals surface area contributed by atoms with Gasteiger partial charge >= 0.3 is 0 Å². The molecular weight excluding hydrogens is 270 g/mol. The molecule has 1 saturated heterocycles. The molecule has 21 heavy (non-hydrogen) atoms. The molecule has 1 aliphatic rings. The van der Waals surface area contributed by atoms with Crippen molar-refractivity contribution >= 4 is 17.8 Å². The predicted molar refractivity (Wildman–Crippen MR) is 83.7 cm³/mol. The van der Waals surface area contributed by atoms with Crippen LogP contribution in [0.15, 0.2) is 0 Å². The standard InChI is InChI=1S/C13H25N7O/c1-18(2)5-4-6-19(3)12-15-11(14)16-13(17-12)20-7-9-21-10-8-20/h4-10H2,1-3H3,(H2,14,15,16,17). The summed E-state index contributed by atoms with van der Waals surface area (Å²) in [6.45, 7) is 4.87. The molecule has 0 amide bonds. The molecule has 1 aromatic rings. The van der Waals surface area contributed by atoms with Crippen LogP contribution in [-0.4, -0.2) is 80.4 Å². The molecule has 2 rings (SSSR count). The molecule has 2 N–H and O–H groups in total. The van der Waals surface area contributed by atoms with Crippen LogP contribution in [0.2, 0.25) is 0 Å². The van der Waals surface area contributed by atoms with Crippen LogP contribution in [0.4, 0.5) is 17.8 Å². The van der Waals surface area contributed by atoms with Gasteiger partial charge in [0.2, 0.25) is 17.8 Å². The first kappa shape index (κ1) is 15.7. The largest absolute Gasteiger partial charge is 0.378 e. The van der Waals surface area contributed by atoms with Gasteiger partial charge in [-0.15, -0.1) is 0 Å². The summed E-state index contributed by atoms with van der Waals surface area (Å²) in [7, 11) is 6.11. The third-order valence-electron chi connectivity index (χ3n) is 3.36. The topological polar surface area (TPSA) is 83.6 Å². The maximum atomic E-state index is 5.83. The Morgan fingerprint density at radius 1 is 1.10 bits per heavy atom. The van der Waals surface area contributed by atoms with Crippen LogP contribution in [0.3, 0.4) is 0 Å². The lowest BCUT2D eigenvalue weighted by Gasteiger charge is -2.27. The number of nitrogens with two attached hydrogens (primary N) is 1. The van der Waals surface area contributed by atoms with Gasteiger partial charge in [-0.25, -0.2) is 0 Å². The molecule has 2 heterocycles. The van der Waals surface area contributed by atoms with Gasteiger partial charge in [-0.05, 0) is 27.1 Å². The van der Waals surface area contributed by atoms with Gasteiger partial charge in [-0.3, -0.25) is 0 Å². The maximum absolute atomic E-state index is 5.83. The second-order valence-corrected chi connectivity index (χ2v) is 5.47. The summed E-state index contributed by atoms with van der Waals surface area (Å²) >= 11 is 0. The smallest absolute Gasteiger partial charge is 0.232 e. The van der Waals surface area contributed by atoms with E-state index in [1.165, 1.54) is 0 Å². The molecule has 8 nitrogen and oxygen atoms in total. The Morgan fingerprint density at radius 2 is 1.81 bits per heavy atom. The van der Waals surface area contributed by atoms with Crippen molar-refractivity contribution in [2.75, 3.05) is 76.1 Å². The van der Waals surface area contributed by atoms with Crippen molar-refractivity contribution in [2.24, 2.45) is 0 Å². The molecule has 1 fully saturated rings. The molecule has 118 valence electrons. The van der Waals surface area contributed by atoms with Crippen LogP contribution >= 0.6 is 0 Å². The van der Waals surface area contributed by atoms with E-state index in [4.69, 9.17) is 10.5 Å². The van der Waals surface area contributed by atoms with E-state index >= 15 is 0 Å². The first-order valence-corrected chi connectivity index (χ1v) is 7.26. The highest BCUT2D eigenvalue weighted by Crippen LogP contribution is 2.15. The fourth-order valence-corrected chi connectivity index (χ4v) is 2.17. The van der Waals surface area contributed by atoms with Crippen LogP contribution in [0.25, 0.3) is 0 Å². The zero-order valence-corrected chi connectivity index (χ0v) is 13.1. The van der Waals surface area contributed by atoms with Crippen LogP contribution in [0.5, 0.6) is 0 Å². The molecule has 0 unspecified atom stereocenters. The zero-order valence-electron chi connectivity index (χ0n) is 13.1. The lowest BCUT2D eigenvalue weighted by Crippen LogP contribution is -2.38. The number of hydrogen-bond acceptors (Lipinski definition) is 8. The van der Waals surface area contributed by atoms with Crippen molar-refractivity contribution in [1.29, 1.82) is 0 Å². The van der Waals surface area contributed by atoms with E-state index in [2.05, 4.69) is 38.8 Å². The van der Waals surface area contributed by atoms with E-state index in [9.17, 15) is 0 Å². The zero-order chi connectivity index (χ0) is 15.2. The lowest BCUT2D eigenvalue weighted by molar-refractivity contribution is 0.122. The SMILES string of the molecule is CN(C)CCCN(C)c1nc(N)nc(N2CCOCC2)n1. The third-order valence-corrected chi connectivity index (χ3v) is 3.36. The van der Waals surface area contributed by atoms with E-state index in [-0.39, 0.29) is 5.95 Å². The second kappa shape index (κ2) is 7.37. The molecule has 0 aliphatic carbocycles. The summed E-state index contributed by atoms with van der Waals surface area (Å²) < 4.78 is 5.35. The van der Waals surface area contributed by atoms with Crippen LogP contribution in [0, 0.1) is 0 Å². The summed E-state index contributed by atoms with van der Waals surface area (Å²) in [4.78, 5) is 19.3. The molecule has 0 radical (unpaired) electrons. The third kappa shape index (κ3) is 4.68.